The van der Waals surface area contributed by atoms with Gasteiger partial charge in [-0.1, -0.05) is 42.6 Å². The van der Waals surface area contributed by atoms with Gasteiger partial charge in [0.25, 0.3) is 5.56 Å². The number of aliphatic hydroxyl groups is 1. The fourth-order valence-electron chi connectivity index (χ4n) is 3.50. The van der Waals surface area contributed by atoms with Crippen molar-refractivity contribution >= 4 is 23.2 Å². The second-order valence-electron chi connectivity index (χ2n) is 6.40. The number of aliphatic hydroxyl groups excluding tert-OH is 1. The van der Waals surface area contributed by atoms with Crippen molar-refractivity contribution < 1.29 is 9.84 Å². The van der Waals surface area contributed by atoms with Crippen LogP contribution >= 0.6 is 23.2 Å². The molecule has 0 radical (unpaired) electrons. The van der Waals surface area contributed by atoms with Crippen LogP contribution in [0.4, 0.5) is 0 Å². The molecule has 8 heteroatoms. The SMILES string of the molecule is CCCc1cc2c(c(=O)n1CCO)C(c1c(Cl)cccc1Cl)C(C#N)=C(N)O2. The third-order valence-corrected chi connectivity index (χ3v) is 5.35. The topological polar surface area (TPSA) is 101 Å². The summed E-state index contributed by atoms with van der Waals surface area (Å²) in [5.74, 6) is -0.666. The molecule has 2 heterocycles. The molecule has 1 atom stereocenters. The van der Waals surface area contributed by atoms with Crippen LogP contribution < -0.4 is 16.0 Å². The molecule has 2 aromatic rings. The number of hydrogen-bond donors (Lipinski definition) is 2. The summed E-state index contributed by atoms with van der Waals surface area (Å²) in [6.07, 6.45) is 1.43. The van der Waals surface area contributed by atoms with Crippen molar-refractivity contribution in [1.82, 2.24) is 4.57 Å². The molecule has 0 amide bonds. The maximum atomic E-state index is 13.4. The van der Waals surface area contributed by atoms with Gasteiger partial charge in [-0.05, 0) is 18.6 Å². The van der Waals surface area contributed by atoms with E-state index in [4.69, 9.17) is 33.7 Å². The van der Waals surface area contributed by atoms with Crippen molar-refractivity contribution in [2.24, 2.45) is 5.73 Å². The Balaban J connectivity index is 2.38. The number of nitriles is 1. The van der Waals surface area contributed by atoms with Crippen molar-refractivity contribution in [2.45, 2.75) is 32.2 Å². The number of fused-ring (bicyclic) bond motifs is 1. The van der Waals surface area contributed by atoms with Crippen LogP contribution in [0.3, 0.4) is 0 Å². The number of aryl methyl sites for hydroxylation is 1. The van der Waals surface area contributed by atoms with Crippen LogP contribution in [-0.2, 0) is 13.0 Å². The fraction of sp³-hybridized carbons (Fsp3) is 0.300. The van der Waals surface area contributed by atoms with Gasteiger partial charge in [0.1, 0.15) is 17.4 Å². The van der Waals surface area contributed by atoms with Crippen LogP contribution in [0.2, 0.25) is 10.0 Å². The van der Waals surface area contributed by atoms with Gasteiger partial charge in [0.05, 0.1) is 18.1 Å². The number of hydrogen-bond acceptors (Lipinski definition) is 5. The highest BCUT2D eigenvalue weighted by Crippen LogP contribution is 2.45. The number of rotatable bonds is 5. The zero-order valence-electron chi connectivity index (χ0n) is 15.2. The largest absolute Gasteiger partial charge is 0.440 e. The summed E-state index contributed by atoms with van der Waals surface area (Å²) in [5.41, 5.74) is 7.08. The number of halogens is 2. The Morgan fingerprint density at radius 1 is 1.32 bits per heavy atom. The van der Waals surface area contributed by atoms with Crippen molar-refractivity contribution in [3.63, 3.8) is 0 Å². The lowest BCUT2D eigenvalue weighted by atomic mass is 9.83. The zero-order valence-corrected chi connectivity index (χ0v) is 16.7. The summed E-state index contributed by atoms with van der Waals surface area (Å²) < 4.78 is 7.14. The number of benzene rings is 1. The second-order valence-corrected chi connectivity index (χ2v) is 7.22. The van der Waals surface area contributed by atoms with E-state index in [-0.39, 0.29) is 41.5 Å². The summed E-state index contributed by atoms with van der Waals surface area (Å²) in [4.78, 5) is 13.4. The van der Waals surface area contributed by atoms with E-state index in [1.54, 1.807) is 24.3 Å². The average molecular weight is 420 g/mol. The molecule has 0 bridgehead atoms. The quantitative estimate of drug-likeness (QED) is 0.773. The Bertz CT molecular complexity index is 1030. The highest BCUT2D eigenvalue weighted by molar-refractivity contribution is 6.36. The smallest absolute Gasteiger partial charge is 0.258 e. The number of pyridine rings is 1. The zero-order chi connectivity index (χ0) is 20.4. The van der Waals surface area contributed by atoms with E-state index in [0.29, 0.717) is 22.0 Å². The molecule has 28 heavy (non-hydrogen) atoms. The maximum absolute atomic E-state index is 13.4. The van der Waals surface area contributed by atoms with Crippen molar-refractivity contribution in [2.75, 3.05) is 6.61 Å². The normalized spacial score (nSPS) is 15.8. The van der Waals surface area contributed by atoms with Gasteiger partial charge in [0, 0.05) is 33.9 Å². The van der Waals surface area contributed by atoms with E-state index in [1.807, 2.05) is 13.0 Å². The maximum Gasteiger partial charge on any atom is 0.258 e. The highest BCUT2D eigenvalue weighted by atomic mass is 35.5. The Labute approximate surface area is 172 Å². The minimum absolute atomic E-state index is 0.0680. The predicted molar refractivity (Wildman–Crippen MR) is 108 cm³/mol. The molecular weight excluding hydrogens is 401 g/mol. The molecule has 0 saturated carbocycles. The van der Waals surface area contributed by atoms with E-state index in [9.17, 15) is 15.2 Å². The van der Waals surface area contributed by atoms with Gasteiger partial charge in [0.2, 0.25) is 5.88 Å². The van der Waals surface area contributed by atoms with Crippen molar-refractivity contribution in [3.8, 4) is 11.8 Å². The van der Waals surface area contributed by atoms with Crippen molar-refractivity contribution in [3.05, 3.63) is 72.9 Å². The summed E-state index contributed by atoms with van der Waals surface area (Å²) in [5, 5.41) is 19.8. The van der Waals surface area contributed by atoms with Gasteiger partial charge in [0.15, 0.2) is 0 Å². The molecule has 1 unspecified atom stereocenters. The minimum atomic E-state index is -0.858. The Morgan fingerprint density at radius 3 is 2.57 bits per heavy atom. The molecule has 1 aliphatic heterocycles. The van der Waals surface area contributed by atoms with Crippen LogP contribution in [-0.4, -0.2) is 16.3 Å². The lowest BCUT2D eigenvalue weighted by molar-refractivity contribution is 0.271. The number of aromatic nitrogens is 1. The first-order valence-electron chi connectivity index (χ1n) is 8.83. The summed E-state index contributed by atoms with van der Waals surface area (Å²) in [6.45, 7) is 1.92. The summed E-state index contributed by atoms with van der Waals surface area (Å²) in [6, 6.07) is 8.72. The molecule has 0 fully saturated rings. The molecule has 0 spiro atoms. The molecular formula is C20H19Cl2N3O3. The Kier molecular flexibility index (Phi) is 5.99. The number of allylic oxidation sites excluding steroid dienone is 1. The predicted octanol–water partition coefficient (Wildman–Crippen LogP) is 3.32. The van der Waals surface area contributed by atoms with Crippen LogP contribution in [0.5, 0.6) is 5.75 Å². The summed E-state index contributed by atoms with van der Waals surface area (Å²) in [7, 11) is 0. The number of nitrogens with two attached hydrogens (primary N) is 1. The first-order chi connectivity index (χ1) is 13.4. The molecule has 0 saturated heterocycles. The molecule has 6 nitrogen and oxygen atoms in total. The third kappa shape index (κ3) is 3.37. The minimum Gasteiger partial charge on any atom is -0.440 e. The highest BCUT2D eigenvalue weighted by Gasteiger charge is 2.36. The van der Waals surface area contributed by atoms with Crippen LogP contribution in [0.15, 0.2) is 40.5 Å². The number of nitrogens with zero attached hydrogens (tertiary/aromatic N) is 2. The van der Waals surface area contributed by atoms with E-state index in [1.165, 1.54) is 4.57 Å². The first-order valence-corrected chi connectivity index (χ1v) is 9.59. The van der Waals surface area contributed by atoms with Crippen molar-refractivity contribution in [1.29, 1.82) is 5.26 Å². The molecule has 1 aromatic heterocycles. The Morgan fingerprint density at radius 2 is 2.00 bits per heavy atom. The van der Waals surface area contributed by atoms with Gasteiger partial charge in [-0.15, -0.1) is 0 Å². The van der Waals surface area contributed by atoms with E-state index in [0.717, 1.165) is 12.1 Å². The molecule has 3 rings (SSSR count). The van der Waals surface area contributed by atoms with Crippen LogP contribution in [0.25, 0.3) is 0 Å². The van der Waals surface area contributed by atoms with Crippen LogP contribution in [0.1, 0.15) is 36.1 Å². The molecule has 1 aromatic carbocycles. The average Bonchev–Trinajstić information content (AvgIpc) is 2.64. The third-order valence-electron chi connectivity index (χ3n) is 4.69. The second kappa shape index (κ2) is 8.27. The Hall–Kier alpha value is -2.46. The summed E-state index contributed by atoms with van der Waals surface area (Å²) >= 11 is 12.8. The molecule has 146 valence electrons. The van der Waals surface area contributed by atoms with E-state index < -0.39 is 5.92 Å². The first kappa shape index (κ1) is 20.3. The van der Waals surface area contributed by atoms with Gasteiger partial charge < -0.3 is 20.1 Å². The van der Waals surface area contributed by atoms with Gasteiger partial charge in [-0.2, -0.15) is 5.26 Å². The molecule has 3 N–H and O–H groups in total. The number of ether oxygens (including phenoxy) is 1. The van der Waals surface area contributed by atoms with Crippen LogP contribution in [0, 0.1) is 11.3 Å². The van der Waals surface area contributed by atoms with E-state index in [2.05, 4.69) is 0 Å². The standard InChI is InChI=1S/C20H19Cl2N3O3/c1-2-4-11-9-15-18(20(27)25(11)7-8-26)16(12(10-23)19(24)28-15)17-13(21)5-3-6-14(17)22/h3,5-6,9,16,26H,2,4,7-8,24H2,1H3. The van der Waals surface area contributed by atoms with E-state index >= 15 is 0 Å². The van der Waals surface area contributed by atoms with Gasteiger partial charge in [-0.3, -0.25) is 4.79 Å². The molecule has 0 aliphatic carbocycles. The lowest BCUT2D eigenvalue weighted by Gasteiger charge is -2.28. The fourth-order valence-corrected chi connectivity index (χ4v) is 4.12. The monoisotopic (exact) mass is 419 g/mol. The van der Waals surface area contributed by atoms with Gasteiger partial charge >= 0.3 is 0 Å². The lowest BCUT2D eigenvalue weighted by Crippen LogP contribution is -2.34. The van der Waals surface area contributed by atoms with Gasteiger partial charge in [-0.25, -0.2) is 0 Å². The molecule has 1 aliphatic rings.